The summed E-state index contributed by atoms with van der Waals surface area (Å²) < 4.78 is 0. The fourth-order valence-corrected chi connectivity index (χ4v) is 3.39. The fraction of sp³-hybridized carbons (Fsp3) is 0.929. The van der Waals surface area contributed by atoms with Gasteiger partial charge in [0.25, 0.3) is 0 Å². The van der Waals surface area contributed by atoms with Crippen molar-refractivity contribution in [1.29, 1.82) is 0 Å². The lowest BCUT2D eigenvalue weighted by Crippen LogP contribution is -2.51. The fourth-order valence-electron chi connectivity index (χ4n) is 3.39. The minimum Gasteiger partial charge on any atom is -0.341 e. The third-order valence-electron chi connectivity index (χ3n) is 4.35. The van der Waals surface area contributed by atoms with Crippen LogP contribution in [0.1, 0.15) is 51.9 Å². The first-order chi connectivity index (χ1) is 8.20. The number of unbranched alkanes of at least 4 members (excludes halogenated alkanes) is 1. The number of likely N-dealkylation sites (tertiary alicyclic amines) is 1. The number of carbonyl (C=O) groups excluding carboxylic acids is 1. The maximum atomic E-state index is 12.2. The van der Waals surface area contributed by atoms with Crippen molar-refractivity contribution >= 4 is 5.91 Å². The highest BCUT2D eigenvalue weighted by atomic mass is 16.2. The summed E-state index contributed by atoms with van der Waals surface area (Å²) in [5.74, 6) is 1.71. The lowest BCUT2D eigenvalue weighted by atomic mass is 9.78. The van der Waals surface area contributed by atoms with E-state index in [2.05, 4.69) is 11.8 Å². The highest BCUT2D eigenvalue weighted by Crippen LogP contribution is 2.34. The molecular formula is C14H26N2O. The van der Waals surface area contributed by atoms with E-state index in [9.17, 15) is 4.79 Å². The summed E-state index contributed by atoms with van der Waals surface area (Å²) in [6.07, 6.45) is 8.35. The monoisotopic (exact) mass is 238 g/mol. The Kier molecular flexibility index (Phi) is 4.43. The maximum absolute atomic E-state index is 12.2. The van der Waals surface area contributed by atoms with Crippen LogP contribution >= 0.6 is 0 Å². The second-order valence-electron chi connectivity index (χ2n) is 5.89. The molecule has 1 saturated heterocycles. The molecule has 1 amide bonds. The molecule has 1 heterocycles. The molecule has 0 spiro atoms. The van der Waals surface area contributed by atoms with Gasteiger partial charge in [0.2, 0.25) is 5.91 Å². The second-order valence-corrected chi connectivity index (χ2v) is 5.89. The number of carbonyl (C=O) groups is 1. The van der Waals surface area contributed by atoms with Crippen molar-refractivity contribution in [2.24, 2.45) is 17.6 Å². The van der Waals surface area contributed by atoms with Crippen LogP contribution in [0.15, 0.2) is 0 Å². The molecule has 0 aromatic carbocycles. The van der Waals surface area contributed by atoms with E-state index in [1.54, 1.807) is 0 Å². The van der Waals surface area contributed by atoms with Crippen LogP contribution in [0.4, 0.5) is 0 Å². The average molecular weight is 238 g/mol. The minimum absolute atomic E-state index is 0.204. The van der Waals surface area contributed by atoms with Crippen LogP contribution in [0.5, 0.6) is 0 Å². The van der Waals surface area contributed by atoms with Crippen molar-refractivity contribution < 1.29 is 4.79 Å². The van der Waals surface area contributed by atoms with Gasteiger partial charge >= 0.3 is 0 Å². The first-order valence-corrected chi connectivity index (χ1v) is 7.25. The van der Waals surface area contributed by atoms with Crippen molar-refractivity contribution in [3.05, 3.63) is 0 Å². The predicted molar refractivity (Wildman–Crippen MR) is 69.5 cm³/mol. The van der Waals surface area contributed by atoms with Crippen LogP contribution in [0.3, 0.4) is 0 Å². The summed E-state index contributed by atoms with van der Waals surface area (Å²) in [6.45, 7) is 4.08. The molecule has 2 bridgehead atoms. The van der Waals surface area contributed by atoms with Gasteiger partial charge in [-0.1, -0.05) is 26.2 Å². The Hall–Kier alpha value is -0.570. The molecule has 2 rings (SSSR count). The molecular weight excluding hydrogens is 212 g/mol. The Labute approximate surface area is 105 Å². The van der Waals surface area contributed by atoms with Crippen molar-refractivity contribution in [3.63, 3.8) is 0 Å². The van der Waals surface area contributed by atoms with Gasteiger partial charge in [-0.25, -0.2) is 0 Å². The smallest absolute Gasteiger partial charge is 0.239 e. The number of hydrogen-bond acceptors (Lipinski definition) is 2. The first kappa shape index (κ1) is 12.9. The molecule has 2 aliphatic rings. The topological polar surface area (TPSA) is 46.3 Å². The van der Waals surface area contributed by atoms with Gasteiger partial charge in [-0.05, 0) is 37.5 Å². The molecule has 0 aromatic heterocycles. The van der Waals surface area contributed by atoms with Crippen molar-refractivity contribution in [2.45, 2.75) is 57.9 Å². The van der Waals surface area contributed by atoms with Gasteiger partial charge in [-0.15, -0.1) is 0 Å². The third-order valence-corrected chi connectivity index (χ3v) is 4.35. The Balaban J connectivity index is 1.86. The van der Waals surface area contributed by atoms with E-state index in [-0.39, 0.29) is 11.9 Å². The van der Waals surface area contributed by atoms with Crippen LogP contribution in [-0.2, 0) is 4.79 Å². The minimum atomic E-state index is -0.256. The van der Waals surface area contributed by atoms with Gasteiger partial charge in [-0.3, -0.25) is 4.79 Å². The molecule has 1 aliphatic carbocycles. The van der Waals surface area contributed by atoms with Gasteiger partial charge in [0.05, 0.1) is 6.04 Å². The van der Waals surface area contributed by atoms with Crippen LogP contribution in [-0.4, -0.2) is 29.9 Å². The van der Waals surface area contributed by atoms with E-state index in [0.29, 0.717) is 0 Å². The number of nitrogens with two attached hydrogens (primary N) is 1. The lowest BCUT2D eigenvalue weighted by Gasteiger charge is -2.42. The summed E-state index contributed by atoms with van der Waals surface area (Å²) >= 11 is 0. The van der Waals surface area contributed by atoms with Crippen molar-refractivity contribution in [2.75, 3.05) is 13.1 Å². The molecule has 0 radical (unpaired) electrons. The Bertz CT molecular complexity index is 255. The number of rotatable bonds is 4. The summed E-state index contributed by atoms with van der Waals surface area (Å²) in [5, 5.41) is 0. The summed E-state index contributed by atoms with van der Waals surface area (Å²) in [4.78, 5) is 14.3. The highest BCUT2D eigenvalue weighted by molar-refractivity contribution is 5.81. The van der Waals surface area contributed by atoms with E-state index in [1.807, 2.05) is 0 Å². The molecule has 17 heavy (non-hydrogen) atoms. The highest BCUT2D eigenvalue weighted by Gasteiger charge is 2.33. The molecule has 0 aromatic rings. The third kappa shape index (κ3) is 3.21. The van der Waals surface area contributed by atoms with Gasteiger partial charge < -0.3 is 10.6 Å². The molecule has 2 N–H and O–H groups in total. The zero-order valence-corrected chi connectivity index (χ0v) is 11.0. The number of amides is 1. The zero-order valence-electron chi connectivity index (χ0n) is 11.0. The van der Waals surface area contributed by atoms with Crippen LogP contribution in [0.25, 0.3) is 0 Å². The largest absolute Gasteiger partial charge is 0.341 e. The van der Waals surface area contributed by atoms with E-state index < -0.39 is 0 Å². The second kappa shape index (κ2) is 5.85. The molecule has 3 nitrogen and oxygen atoms in total. The SMILES string of the molecule is CCCCC(N)C(=O)N1CC2CCCC(C2)C1. The Morgan fingerprint density at radius 3 is 2.59 bits per heavy atom. The molecule has 3 atom stereocenters. The molecule has 2 fully saturated rings. The van der Waals surface area contributed by atoms with Crippen LogP contribution < -0.4 is 5.73 Å². The van der Waals surface area contributed by atoms with E-state index >= 15 is 0 Å². The standard InChI is InChI=1S/C14H26N2O/c1-2-3-7-13(15)14(17)16-9-11-5-4-6-12(8-11)10-16/h11-13H,2-10,15H2,1H3. The summed E-state index contributed by atoms with van der Waals surface area (Å²) in [7, 11) is 0. The van der Waals surface area contributed by atoms with E-state index in [1.165, 1.54) is 25.7 Å². The zero-order chi connectivity index (χ0) is 12.3. The Morgan fingerprint density at radius 1 is 1.35 bits per heavy atom. The summed E-state index contributed by atoms with van der Waals surface area (Å²) in [6, 6.07) is -0.256. The number of fused-ring (bicyclic) bond motifs is 2. The molecule has 3 unspecified atom stereocenters. The average Bonchev–Trinajstić information content (AvgIpc) is 2.34. The maximum Gasteiger partial charge on any atom is 0.239 e. The normalized spacial score (nSPS) is 30.1. The van der Waals surface area contributed by atoms with Gasteiger partial charge in [-0.2, -0.15) is 0 Å². The van der Waals surface area contributed by atoms with E-state index in [4.69, 9.17) is 5.73 Å². The predicted octanol–water partition coefficient (Wildman–Crippen LogP) is 2.15. The van der Waals surface area contributed by atoms with E-state index in [0.717, 1.165) is 44.2 Å². The number of nitrogens with zero attached hydrogens (tertiary/aromatic N) is 1. The molecule has 98 valence electrons. The first-order valence-electron chi connectivity index (χ1n) is 7.25. The quantitative estimate of drug-likeness (QED) is 0.815. The van der Waals surface area contributed by atoms with Gasteiger partial charge in [0.15, 0.2) is 0 Å². The van der Waals surface area contributed by atoms with Gasteiger partial charge in [0, 0.05) is 13.1 Å². The molecule has 3 heteroatoms. The lowest BCUT2D eigenvalue weighted by molar-refractivity contribution is -0.136. The number of hydrogen-bond donors (Lipinski definition) is 1. The van der Waals surface area contributed by atoms with Gasteiger partial charge in [0.1, 0.15) is 0 Å². The van der Waals surface area contributed by atoms with Crippen LogP contribution in [0, 0.1) is 11.8 Å². The van der Waals surface area contributed by atoms with Crippen molar-refractivity contribution in [1.82, 2.24) is 4.90 Å². The summed E-state index contributed by atoms with van der Waals surface area (Å²) in [5.41, 5.74) is 5.99. The Morgan fingerprint density at radius 2 is 2.00 bits per heavy atom. The molecule has 1 saturated carbocycles. The van der Waals surface area contributed by atoms with Crippen molar-refractivity contribution in [3.8, 4) is 0 Å². The number of piperidine rings is 1. The molecule has 1 aliphatic heterocycles. The van der Waals surface area contributed by atoms with Crippen LogP contribution in [0.2, 0.25) is 0 Å².